The largest absolute Gasteiger partial charge is 0.371 e. The highest BCUT2D eigenvalue weighted by Crippen LogP contribution is 2.25. The molecule has 1 saturated heterocycles. The lowest BCUT2D eigenvalue weighted by atomic mass is 10.1. The van der Waals surface area contributed by atoms with Gasteiger partial charge in [0, 0.05) is 31.4 Å². The van der Waals surface area contributed by atoms with Gasteiger partial charge in [-0.25, -0.2) is 13.1 Å². The van der Waals surface area contributed by atoms with Crippen molar-refractivity contribution in [3.05, 3.63) is 58.6 Å². The molecular formula is C21H26ClN3O3S. The predicted molar refractivity (Wildman–Crippen MR) is 116 cm³/mol. The molecule has 0 saturated carbocycles. The lowest BCUT2D eigenvalue weighted by molar-refractivity contribution is 0.0951. The van der Waals surface area contributed by atoms with Crippen LogP contribution in [0.5, 0.6) is 0 Å². The van der Waals surface area contributed by atoms with Gasteiger partial charge in [-0.2, -0.15) is 0 Å². The van der Waals surface area contributed by atoms with Crippen molar-refractivity contribution < 1.29 is 13.2 Å². The van der Waals surface area contributed by atoms with Gasteiger partial charge in [0.15, 0.2) is 0 Å². The SMILES string of the molecule is CC(C)NS(=O)(=O)c1ccc(Cl)c(C(=O)NCc2ccccc2N2CCCC2)c1. The first-order chi connectivity index (χ1) is 13.8. The van der Waals surface area contributed by atoms with E-state index in [9.17, 15) is 13.2 Å². The number of carbonyl (C=O) groups is 1. The van der Waals surface area contributed by atoms with Crippen LogP contribution in [0.1, 0.15) is 42.6 Å². The van der Waals surface area contributed by atoms with Crippen molar-refractivity contribution in [1.29, 1.82) is 0 Å². The van der Waals surface area contributed by atoms with Crippen LogP contribution >= 0.6 is 11.6 Å². The van der Waals surface area contributed by atoms with Crippen LogP contribution in [0.2, 0.25) is 5.02 Å². The molecule has 1 aliphatic heterocycles. The van der Waals surface area contributed by atoms with E-state index in [1.165, 1.54) is 31.0 Å². The zero-order valence-electron chi connectivity index (χ0n) is 16.6. The molecule has 0 spiro atoms. The lowest BCUT2D eigenvalue weighted by Crippen LogP contribution is -2.30. The quantitative estimate of drug-likeness (QED) is 0.697. The van der Waals surface area contributed by atoms with Gasteiger partial charge in [-0.3, -0.25) is 4.79 Å². The summed E-state index contributed by atoms with van der Waals surface area (Å²) in [5, 5.41) is 3.08. The molecule has 6 nitrogen and oxygen atoms in total. The molecule has 3 rings (SSSR count). The number of amides is 1. The second kappa shape index (κ2) is 9.15. The molecule has 1 fully saturated rings. The first kappa shape index (κ1) is 21.6. The molecule has 156 valence electrons. The third-order valence-corrected chi connectivity index (χ3v) is 6.75. The highest BCUT2D eigenvalue weighted by atomic mass is 35.5. The molecule has 29 heavy (non-hydrogen) atoms. The number of nitrogens with zero attached hydrogens (tertiary/aromatic N) is 1. The standard InChI is InChI=1S/C21H26ClN3O3S/c1-15(2)24-29(27,28)17-9-10-19(22)18(13-17)21(26)23-14-16-7-3-4-8-20(16)25-11-5-6-12-25/h3-4,7-10,13,15,24H,5-6,11-12,14H2,1-2H3,(H,23,26). The number of halogens is 1. The fourth-order valence-corrected chi connectivity index (χ4v) is 4.90. The number of hydrogen-bond donors (Lipinski definition) is 2. The van der Waals surface area contributed by atoms with Crippen molar-refractivity contribution in [2.45, 2.75) is 44.2 Å². The minimum atomic E-state index is -3.71. The Bertz CT molecular complexity index is 986. The van der Waals surface area contributed by atoms with E-state index in [-0.39, 0.29) is 21.5 Å². The first-order valence-electron chi connectivity index (χ1n) is 9.71. The summed E-state index contributed by atoms with van der Waals surface area (Å²) in [7, 11) is -3.71. The van der Waals surface area contributed by atoms with Gasteiger partial charge >= 0.3 is 0 Å². The molecule has 0 atom stereocenters. The van der Waals surface area contributed by atoms with Gasteiger partial charge in [0.05, 0.1) is 15.5 Å². The zero-order chi connectivity index (χ0) is 21.0. The van der Waals surface area contributed by atoms with Crippen molar-refractivity contribution in [2.75, 3.05) is 18.0 Å². The van der Waals surface area contributed by atoms with E-state index in [0.717, 1.165) is 24.3 Å². The molecule has 0 radical (unpaired) electrons. The van der Waals surface area contributed by atoms with Crippen molar-refractivity contribution >= 4 is 33.2 Å². The van der Waals surface area contributed by atoms with Gasteiger partial charge in [-0.05, 0) is 56.5 Å². The topological polar surface area (TPSA) is 78.5 Å². The molecule has 0 aromatic heterocycles. The number of anilines is 1. The Kier molecular flexibility index (Phi) is 6.82. The molecule has 0 bridgehead atoms. The second-order valence-electron chi connectivity index (χ2n) is 7.42. The van der Waals surface area contributed by atoms with Gasteiger partial charge in [0.1, 0.15) is 0 Å². The molecular weight excluding hydrogens is 410 g/mol. The summed E-state index contributed by atoms with van der Waals surface area (Å²) in [5.74, 6) is -0.409. The van der Waals surface area contributed by atoms with Gasteiger partial charge in [-0.1, -0.05) is 29.8 Å². The molecule has 1 amide bonds. The summed E-state index contributed by atoms with van der Waals surface area (Å²) < 4.78 is 27.3. The molecule has 2 aromatic rings. The maximum absolute atomic E-state index is 12.7. The summed E-state index contributed by atoms with van der Waals surface area (Å²) in [5.41, 5.74) is 2.27. The first-order valence-corrected chi connectivity index (χ1v) is 11.6. The van der Waals surface area contributed by atoms with Gasteiger partial charge in [0.2, 0.25) is 10.0 Å². The monoisotopic (exact) mass is 435 g/mol. The van der Waals surface area contributed by atoms with Gasteiger partial charge in [-0.15, -0.1) is 0 Å². The predicted octanol–water partition coefficient (Wildman–Crippen LogP) is 3.56. The summed E-state index contributed by atoms with van der Waals surface area (Å²) in [6.07, 6.45) is 2.34. The van der Waals surface area contributed by atoms with Crippen LogP contribution in [-0.4, -0.2) is 33.5 Å². The molecule has 2 N–H and O–H groups in total. The van der Waals surface area contributed by atoms with E-state index in [0.29, 0.717) is 6.54 Å². The summed E-state index contributed by atoms with van der Waals surface area (Å²) in [6.45, 7) is 5.83. The Hall–Kier alpha value is -2.09. The van der Waals surface area contributed by atoms with Gasteiger partial charge in [0.25, 0.3) is 5.91 Å². The number of benzene rings is 2. The van der Waals surface area contributed by atoms with Crippen LogP contribution in [0.25, 0.3) is 0 Å². The van der Waals surface area contributed by atoms with Crippen molar-refractivity contribution in [3.8, 4) is 0 Å². The molecule has 2 aromatic carbocycles. The Morgan fingerprint density at radius 3 is 2.52 bits per heavy atom. The Balaban J connectivity index is 1.77. The number of para-hydroxylation sites is 1. The smallest absolute Gasteiger partial charge is 0.253 e. The van der Waals surface area contributed by atoms with Crippen LogP contribution in [0, 0.1) is 0 Å². The number of sulfonamides is 1. The highest BCUT2D eigenvalue weighted by Gasteiger charge is 2.20. The Morgan fingerprint density at radius 1 is 1.14 bits per heavy atom. The maximum Gasteiger partial charge on any atom is 0.253 e. The Labute approximate surface area is 177 Å². The molecule has 1 aliphatic rings. The average molecular weight is 436 g/mol. The fraction of sp³-hybridized carbons (Fsp3) is 0.381. The molecule has 0 unspecified atom stereocenters. The molecule has 1 heterocycles. The summed E-state index contributed by atoms with van der Waals surface area (Å²) in [4.78, 5) is 15.1. The summed E-state index contributed by atoms with van der Waals surface area (Å²) >= 11 is 6.18. The number of nitrogens with one attached hydrogen (secondary N) is 2. The molecule has 0 aliphatic carbocycles. The van der Waals surface area contributed by atoms with E-state index in [1.54, 1.807) is 13.8 Å². The highest BCUT2D eigenvalue weighted by molar-refractivity contribution is 7.89. The van der Waals surface area contributed by atoms with Crippen LogP contribution in [-0.2, 0) is 16.6 Å². The normalized spacial score (nSPS) is 14.4. The number of rotatable bonds is 7. The number of hydrogen-bond acceptors (Lipinski definition) is 4. The third-order valence-electron chi connectivity index (χ3n) is 4.76. The van der Waals surface area contributed by atoms with Crippen LogP contribution in [0.4, 0.5) is 5.69 Å². The summed E-state index contributed by atoms with van der Waals surface area (Å²) in [6, 6.07) is 11.9. The average Bonchev–Trinajstić information content (AvgIpc) is 3.20. The zero-order valence-corrected chi connectivity index (χ0v) is 18.2. The van der Waals surface area contributed by atoms with E-state index in [4.69, 9.17) is 11.6 Å². The fourth-order valence-electron chi connectivity index (χ4n) is 3.42. The van der Waals surface area contributed by atoms with Crippen molar-refractivity contribution in [1.82, 2.24) is 10.0 Å². The molecule has 8 heteroatoms. The Morgan fingerprint density at radius 2 is 1.83 bits per heavy atom. The third kappa shape index (κ3) is 5.29. The second-order valence-corrected chi connectivity index (χ2v) is 9.54. The van der Waals surface area contributed by atoms with E-state index in [2.05, 4.69) is 21.0 Å². The maximum atomic E-state index is 12.7. The minimum Gasteiger partial charge on any atom is -0.371 e. The minimum absolute atomic E-state index is 0.0122. The van der Waals surface area contributed by atoms with Crippen molar-refractivity contribution in [2.24, 2.45) is 0 Å². The van der Waals surface area contributed by atoms with E-state index >= 15 is 0 Å². The van der Waals surface area contributed by atoms with Crippen LogP contribution in [0.15, 0.2) is 47.4 Å². The van der Waals surface area contributed by atoms with E-state index in [1.807, 2.05) is 18.2 Å². The van der Waals surface area contributed by atoms with Crippen LogP contribution < -0.4 is 14.9 Å². The van der Waals surface area contributed by atoms with E-state index < -0.39 is 15.9 Å². The van der Waals surface area contributed by atoms with Crippen molar-refractivity contribution in [3.63, 3.8) is 0 Å². The van der Waals surface area contributed by atoms with Gasteiger partial charge < -0.3 is 10.2 Å². The number of carbonyl (C=O) groups excluding carboxylic acids is 1. The lowest BCUT2D eigenvalue weighted by Gasteiger charge is -2.21. The van der Waals surface area contributed by atoms with Crippen LogP contribution in [0.3, 0.4) is 0 Å².